The van der Waals surface area contributed by atoms with Crippen LogP contribution in [0.15, 0.2) is 22.8 Å². The minimum absolute atomic E-state index is 0.0585. The summed E-state index contributed by atoms with van der Waals surface area (Å²) >= 11 is 0. The average molecular weight is 250 g/mol. The third-order valence-corrected chi connectivity index (χ3v) is 3.17. The van der Waals surface area contributed by atoms with Crippen LogP contribution in [0.2, 0.25) is 0 Å². The molecule has 1 atom stereocenters. The first-order valence-electron chi connectivity index (χ1n) is 6.17. The van der Waals surface area contributed by atoms with Gasteiger partial charge in [0.2, 0.25) is 11.8 Å². The molecule has 2 heterocycles. The lowest BCUT2D eigenvalue weighted by Gasteiger charge is -2.20. The molecule has 0 spiro atoms. The molecule has 5 nitrogen and oxygen atoms in total. The predicted molar refractivity (Wildman–Crippen MR) is 65.5 cm³/mol. The van der Waals surface area contributed by atoms with Gasteiger partial charge in [-0.1, -0.05) is 0 Å². The van der Waals surface area contributed by atoms with Gasteiger partial charge in [0.25, 0.3) is 0 Å². The van der Waals surface area contributed by atoms with Crippen molar-refractivity contribution in [2.24, 2.45) is 5.92 Å². The maximum Gasteiger partial charge on any atom is 0.225 e. The Labute approximate surface area is 106 Å². The Bertz CT molecular complexity index is 425. The first-order chi connectivity index (χ1) is 8.58. The van der Waals surface area contributed by atoms with Crippen molar-refractivity contribution in [2.45, 2.75) is 32.9 Å². The Morgan fingerprint density at radius 1 is 1.61 bits per heavy atom. The smallest absolute Gasteiger partial charge is 0.225 e. The molecule has 1 aliphatic heterocycles. The second-order valence-corrected chi connectivity index (χ2v) is 4.84. The molecule has 0 aromatic carbocycles. The van der Waals surface area contributed by atoms with Gasteiger partial charge in [0.15, 0.2) is 0 Å². The first kappa shape index (κ1) is 12.7. The third kappa shape index (κ3) is 2.72. The molecule has 0 radical (unpaired) electrons. The Morgan fingerprint density at radius 3 is 2.94 bits per heavy atom. The fourth-order valence-corrected chi connectivity index (χ4v) is 2.14. The molecule has 1 saturated heterocycles. The molecule has 0 bridgehead atoms. The molecule has 5 heteroatoms. The third-order valence-electron chi connectivity index (χ3n) is 3.17. The number of carbonyl (C=O) groups excluding carboxylic acids is 2. The van der Waals surface area contributed by atoms with E-state index < -0.39 is 0 Å². The standard InChI is InChI=1S/C13H18N2O3/c1-9(2)15-8-10(6-12(15)16)13(17)14-7-11-4-3-5-18-11/h3-5,9-10H,6-8H2,1-2H3,(H,14,17). The van der Waals surface area contributed by atoms with Crippen molar-refractivity contribution in [1.82, 2.24) is 10.2 Å². The van der Waals surface area contributed by atoms with Crippen LogP contribution < -0.4 is 5.32 Å². The molecule has 0 saturated carbocycles. The lowest BCUT2D eigenvalue weighted by molar-refractivity contribution is -0.130. The molecule has 1 fully saturated rings. The number of hydrogen-bond acceptors (Lipinski definition) is 3. The van der Waals surface area contributed by atoms with Gasteiger partial charge in [0.05, 0.1) is 18.7 Å². The summed E-state index contributed by atoms with van der Waals surface area (Å²) in [6.45, 7) is 4.81. The fraction of sp³-hybridized carbons (Fsp3) is 0.538. The van der Waals surface area contributed by atoms with Crippen LogP contribution in [0, 0.1) is 5.92 Å². The van der Waals surface area contributed by atoms with E-state index in [2.05, 4.69) is 5.32 Å². The zero-order chi connectivity index (χ0) is 13.1. The Hall–Kier alpha value is -1.78. The van der Waals surface area contributed by atoms with Crippen molar-refractivity contribution < 1.29 is 14.0 Å². The number of amides is 2. The second-order valence-electron chi connectivity index (χ2n) is 4.84. The molecule has 1 aliphatic rings. The zero-order valence-corrected chi connectivity index (χ0v) is 10.7. The van der Waals surface area contributed by atoms with Gasteiger partial charge < -0.3 is 14.6 Å². The largest absolute Gasteiger partial charge is 0.467 e. The number of nitrogens with zero attached hydrogens (tertiary/aromatic N) is 1. The maximum absolute atomic E-state index is 11.9. The van der Waals surface area contributed by atoms with E-state index in [0.29, 0.717) is 25.3 Å². The lowest BCUT2D eigenvalue weighted by atomic mass is 10.1. The minimum Gasteiger partial charge on any atom is -0.467 e. The average Bonchev–Trinajstić information content (AvgIpc) is 2.94. The van der Waals surface area contributed by atoms with Gasteiger partial charge in [-0.3, -0.25) is 9.59 Å². The van der Waals surface area contributed by atoms with Crippen molar-refractivity contribution in [2.75, 3.05) is 6.54 Å². The summed E-state index contributed by atoms with van der Waals surface area (Å²) in [5, 5.41) is 2.80. The molecule has 18 heavy (non-hydrogen) atoms. The molecule has 1 aromatic rings. The van der Waals surface area contributed by atoms with E-state index in [9.17, 15) is 9.59 Å². The van der Waals surface area contributed by atoms with E-state index >= 15 is 0 Å². The molecule has 2 rings (SSSR count). The van der Waals surface area contributed by atoms with Crippen molar-refractivity contribution in [3.8, 4) is 0 Å². The van der Waals surface area contributed by atoms with Gasteiger partial charge in [-0.25, -0.2) is 0 Å². The highest BCUT2D eigenvalue weighted by atomic mass is 16.3. The van der Waals surface area contributed by atoms with Crippen LogP contribution in [0.4, 0.5) is 0 Å². The summed E-state index contributed by atoms with van der Waals surface area (Å²) in [4.78, 5) is 25.4. The predicted octanol–water partition coefficient (Wildman–Crippen LogP) is 1.15. The highest BCUT2D eigenvalue weighted by Gasteiger charge is 2.35. The molecule has 98 valence electrons. The SMILES string of the molecule is CC(C)N1CC(C(=O)NCc2ccco2)CC1=O. The van der Waals surface area contributed by atoms with Crippen molar-refractivity contribution >= 4 is 11.8 Å². The molecule has 1 aromatic heterocycles. The van der Waals surface area contributed by atoms with Crippen LogP contribution in [0.3, 0.4) is 0 Å². The Kier molecular flexibility index (Phi) is 3.69. The van der Waals surface area contributed by atoms with Crippen LogP contribution in [-0.2, 0) is 16.1 Å². The monoisotopic (exact) mass is 250 g/mol. The van der Waals surface area contributed by atoms with Crippen molar-refractivity contribution in [3.63, 3.8) is 0 Å². The summed E-state index contributed by atoms with van der Waals surface area (Å²) in [6, 6.07) is 3.74. The Balaban J connectivity index is 1.85. The maximum atomic E-state index is 11.9. The van der Waals surface area contributed by atoms with Crippen LogP contribution in [0.5, 0.6) is 0 Å². The van der Waals surface area contributed by atoms with Gasteiger partial charge in [-0.05, 0) is 26.0 Å². The summed E-state index contributed by atoms with van der Waals surface area (Å²) in [7, 11) is 0. The van der Waals surface area contributed by atoms with E-state index in [1.807, 2.05) is 13.8 Å². The van der Waals surface area contributed by atoms with Crippen molar-refractivity contribution in [1.29, 1.82) is 0 Å². The number of carbonyl (C=O) groups is 2. The van der Waals surface area contributed by atoms with Gasteiger partial charge >= 0.3 is 0 Å². The van der Waals surface area contributed by atoms with Crippen LogP contribution in [-0.4, -0.2) is 29.3 Å². The topological polar surface area (TPSA) is 62.6 Å². The van der Waals surface area contributed by atoms with Gasteiger partial charge in [-0.15, -0.1) is 0 Å². The van der Waals surface area contributed by atoms with E-state index in [-0.39, 0.29) is 23.8 Å². The van der Waals surface area contributed by atoms with E-state index in [4.69, 9.17) is 4.42 Å². The molecule has 1 unspecified atom stereocenters. The molecular weight excluding hydrogens is 232 g/mol. The normalized spacial score (nSPS) is 19.6. The first-order valence-corrected chi connectivity index (χ1v) is 6.17. The molecular formula is C13H18N2O3. The minimum atomic E-state index is -0.241. The summed E-state index contributed by atoms with van der Waals surface area (Å²) in [6.07, 6.45) is 1.88. The van der Waals surface area contributed by atoms with Gasteiger partial charge in [0, 0.05) is 19.0 Å². The highest BCUT2D eigenvalue weighted by molar-refractivity contribution is 5.89. The number of likely N-dealkylation sites (tertiary alicyclic amines) is 1. The number of rotatable bonds is 4. The van der Waals surface area contributed by atoms with Gasteiger partial charge in [0.1, 0.15) is 5.76 Å². The van der Waals surface area contributed by atoms with E-state index in [1.54, 1.807) is 23.3 Å². The van der Waals surface area contributed by atoms with E-state index in [1.165, 1.54) is 0 Å². The summed E-state index contributed by atoms with van der Waals surface area (Å²) < 4.78 is 5.13. The molecule has 2 amide bonds. The van der Waals surface area contributed by atoms with Crippen molar-refractivity contribution in [3.05, 3.63) is 24.2 Å². The van der Waals surface area contributed by atoms with Gasteiger partial charge in [-0.2, -0.15) is 0 Å². The summed E-state index contributed by atoms with van der Waals surface area (Å²) in [5.41, 5.74) is 0. The number of nitrogens with one attached hydrogen (secondary N) is 1. The molecule has 0 aliphatic carbocycles. The Morgan fingerprint density at radius 2 is 2.39 bits per heavy atom. The fourth-order valence-electron chi connectivity index (χ4n) is 2.14. The second kappa shape index (κ2) is 5.25. The number of hydrogen-bond donors (Lipinski definition) is 1. The summed E-state index contributed by atoms with van der Waals surface area (Å²) in [5.74, 6) is 0.453. The van der Waals surface area contributed by atoms with Crippen LogP contribution in [0.25, 0.3) is 0 Å². The highest BCUT2D eigenvalue weighted by Crippen LogP contribution is 2.20. The number of furan rings is 1. The van der Waals surface area contributed by atoms with Crippen LogP contribution in [0.1, 0.15) is 26.0 Å². The van der Waals surface area contributed by atoms with E-state index in [0.717, 1.165) is 0 Å². The zero-order valence-electron chi connectivity index (χ0n) is 10.7. The molecule has 1 N–H and O–H groups in total. The van der Waals surface area contributed by atoms with Crippen LogP contribution >= 0.6 is 0 Å². The lowest BCUT2D eigenvalue weighted by Crippen LogP contribution is -2.35. The quantitative estimate of drug-likeness (QED) is 0.872.